The normalized spacial score (nSPS) is 15.8. The zero-order valence-electron chi connectivity index (χ0n) is 33.8. The third-order valence-corrected chi connectivity index (χ3v) is 12.8. The quantitative estimate of drug-likeness (QED) is 0.0514. The van der Waals surface area contributed by atoms with Crippen LogP contribution in [0.1, 0.15) is 82.4 Å². The number of benzene rings is 3. The predicted molar refractivity (Wildman–Crippen MR) is 223 cm³/mol. The molecule has 13 heteroatoms. The zero-order valence-corrected chi connectivity index (χ0v) is 34.6. The van der Waals surface area contributed by atoms with Gasteiger partial charge in [0, 0.05) is 0 Å². The lowest BCUT2D eigenvalue weighted by molar-refractivity contribution is -0.131. The fourth-order valence-electron chi connectivity index (χ4n) is 7.13. The van der Waals surface area contributed by atoms with Gasteiger partial charge in [-0.15, -0.1) is 0 Å². The molecule has 1 heterocycles. The first-order valence-corrected chi connectivity index (χ1v) is 21.2. The molecule has 0 unspecified atom stereocenters. The number of rotatable bonds is 20. The number of nitrogens with two attached hydrogens (primary N) is 3. The van der Waals surface area contributed by atoms with E-state index in [1.807, 2.05) is 70.2 Å². The largest absolute Gasteiger partial charge is 0.396 e. The second-order valence-corrected chi connectivity index (χ2v) is 17.8. The van der Waals surface area contributed by atoms with Crippen LogP contribution in [0.25, 0.3) is 10.8 Å². The van der Waals surface area contributed by atoms with Crippen LogP contribution in [-0.4, -0.2) is 65.4 Å². The number of carbonyl (C=O) groups excluding carboxylic acids is 3. The molecule has 0 fully saturated rings. The topological polar surface area (TPSA) is 229 Å². The van der Waals surface area contributed by atoms with Crippen LogP contribution in [0.5, 0.6) is 0 Å². The third kappa shape index (κ3) is 10.7. The van der Waals surface area contributed by atoms with Crippen LogP contribution in [0.3, 0.4) is 0 Å². The van der Waals surface area contributed by atoms with Gasteiger partial charge in [-0.3, -0.25) is 19.4 Å². The number of amides is 1. The number of carbonyl (C=O) groups is 3. The number of hydrogen-bond donors (Lipinski definition) is 6. The highest BCUT2D eigenvalue weighted by Gasteiger charge is 2.45. The summed E-state index contributed by atoms with van der Waals surface area (Å²) in [5.41, 5.74) is 18.8. The maximum atomic E-state index is 15.3. The molecule has 0 aliphatic heterocycles. The van der Waals surface area contributed by atoms with Crippen molar-refractivity contribution in [3.8, 4) is 0 Å². The molecule has 0 bridgehead atoms. The Morgan fingerprint density at radius 3 is 2.09 bits per heavy atom. The maximum Gasteiger partial charge on any atom is 0.237 e. The number of aryl methyl sites for hydroxylation is 1. The van der Waals surface area contributed by atoms with Crippen LogP contribution in [0.2, 0.25) is 0 Å². The lowest BCUT2D eigenvalue weighted by Crippen LogP contribution is -2.52. The molecule has 0 aliphatic carbocycles. The van der Waals surface area contributed by atoms with Crippen molar-refractivity contribution in [2.24, 2.45) is 41.1 Å². The van der Waals surface area contributed by atoms with Gasteiger partial charge in [-0.05, 0) is 71.4 Å². The van der Waals surface area contributed by atoms with Crippen molar-refractivity contribution in [1.29, 1.82) is 0 Å². The Hall–Kier alpha value is -4.53. The Morgan fingerprint density at radius 2 is 1.47 bits per heavy atom. The number of fused-ring (bicyclic) bond motifs is 1. The minimum absolute atomic E-state index is 0.0734. The number of pyridine rings is 1. The molecule has 57 heavy (non-hydrogen) atoms. The van der Waals surface area contributed by atoms with E-state index in [0.29, 0.717) is 31.1 Å². The number of ketones is 2. The number of nitrogens with one attached hydrogen (secondary N) is 1. The van der Waals surface area contributed by atoms with Gasteiger partial charge in [-0.2, -0.15) is 0 Å². The summed E-state index contributed by atoms with van der Waals surface area (Å²) in [6.07, 6.45) is -0.503. The van der Waals surface area contributed by atoms with Crippen LogP contribution < -0.4 is 22.5 Å². The van der Waals surface area contributed by atoms with Crippen molar-refractivity contribution >= 4 is 43.8 Å². The van der Waals surface area contributed by atoms with E-state index in [1.54, 1.807) is 32.0 Å². The van der Waals surface area contributed by atoms with Crippen molar-refractivity contribution in [1.82, 2.24) is 10.3 Å². The number of aromatic nitrogens is 1. The van der Waals surface area contributed by atoms with Crippen LogP contribution in [0, 0.1) is 29.6 Å². The molecule has 7 atom stereocenters. The second-order valence-electron chi connectivity index (χ2n) is 15.9. The molecule has 0 saturated carbocycles. The first-order valence-electron chi connectivity index (χ1n) is 19.7. The highest BCUT2D eigenvalue weighted by Crippen LogP contribution is 2.36. The van der Waals surface area contributed by atoms with E-state index in [1.165, 1.54) is 12.1 Å². The first kappa shape index (κ1) is 45.2. The van der Waals surface area contributed by atoms with Crippen LogP contribution in [0.15, 0.2) is 88.8 Å². The number of aliphatic hydroxyl groups excluding tert-OH is 2. The summed E-state index contributed by atoms with van der Waals surface area (Å²) in [7, 11) is -4.65. The average Bonchev–Trinajstić information content (AvgIpc) is 3.20. The molecule has 308 valence electrons. The number of nitrogens with zero attached hydrogens (tertiary/aromatic N) is 1. The SMILES string of the molecule is CC[C@H](C)[C@H](N)C(=O)NCc1ncc(N)c(S(=O)(=O)c2ccc3ccccc3c2)c1C(=O)[C@@H](C(=O)[C@@H](N)C(C)C)[C@@H](O)[C@H](O)[C@@H](CCc1ccccc1)CC(C)C. The minimum atomic E-state index is -4.65. The molecule has 3 aromatic carbocycles. The van der Waals surface area contributed by atoms with Gasteiger partial charge >= 0.3 is 0 Å². The Bertz CT molecular complexity index is 2130. The summed E-state index contributed by atoms with van der Waals surface area (Å²) in [6, 6.07) is 19.0. The van der Waals surface area contributed by atoms with E-state index in [0.717, 1.165) is 17.1 Å². The van der Waals surface area contributed by atoms with Crippen molar-refractivity contribution in [2.75, 3.05) is 5.73 Å². The molecular formula is C44H59N5O7S. The van der Waals surface area contributed by atoms with Gasteiger partial charge in [-0.1, -0.05) is 109 Å². The standard InChI is InChI=1S/C44H59N5O7S/c1-7-27(6)38(47)44(54)49-24-34-35(43(33(45)23-48-34)57(55,56)32-20-19-29-15-11-12-16-30(29)22-32)40(51)36(41(52)37(46)26(4)5)42(53)39(50)31(21-25(2)3)18-17-28-13-9-8-10-14-28/h8-16,19-20,22-23,25-27,31,36-39,42,50,53H,7,17-18,21,24,45-47H2,1-6H3,(H,49,54)/t27-,31-,36-,37-,38-,39+,42+/m0/s1. The van der Waals surface area contributed by atoms with Crippen LogP contribution >= 0.6 is 0 Å². The van der Waals surface area contributed by atoms with Crippen molar-refractivity contribution in [3.63, 3.8) is 0 Å². The first-order chi connectivity index (χ1) is 26.9. The van der Waals surface area contributed by atoms with Crippen molar-refractivity contribution in [2.45, 2.75) is 108 Å². The number of Topliss-reactive ketones (excluding diaryl/α,β-unsaturated/α-hetero) is 2. The van der Waals surface area contributed by atoms with Gasteiger partial charge in [0.2, 0.25) is 15.7 Å². The van der Waals surface area contributed by atoms with Crippen molar-refractivity contribution < 1.29 is 33.0 Å². The summed E-state index contributed by atoms with van der Waals surface area (Å²) in [5, 5.41) is 28.1. The Kier molecular flexibility index (Phi) is 15.7. The monoisotopic (exact) mass is 801 g/mol. The van der Waals surface area contributed by atoms with Gasteiger partial charge in [0.15, 0.2) is 11.6 Å². The summed E-state index contributed by atoms with van der Waals surface area (Å²) in [4.78, 5) is 46.3. The van der Waals surface area contributed by atoms with E-state index >= 15 is 4.79 Å². The fraction of sp³-hybridized carbons (Fsp3) is 0.455. The Labute approximate surface area is 336 Å². The highest BCUT2D eigenvalue weighted by atomic mass is 32.2. The van der Waals surface area contributed by atoms with E-state index in [2.05, 4.69) is 10.3 Å². The van der Waals surface area contributed by atoms with E-state index in [4.69, 9.17) is 17.2 Å². The summed E-state index contributed by atoms with van der Waals surface area (Å²) < 4.78 is 29.5. The maximum absolute atomic E-state index is 15.3. The fourth-order valence-corrected chi connectivity index (χ4v) is 8.74. The number of hydrogen-bond acceptors (Lipinski definition) is 11. The molecule has 4 rings (SSSR count). The van der Waals surface area contributed by atoms with Gasteiger partial charge < -0.3 is 32.7 Å². The molecule has 0 spiro atoms. The predicted octanol–water partition coefficient (Wildman–Crippen LogP) is 5.01. The van der Waals surface area contributed by atoms with Gasteiger partial charge in [0.05, 0.1) is 58.9 Å². The number of nitrogen functional groups attached to an aromatic ring is 1. The number of anilines is 1. The molecule has 0 radical (unpaired) electrons. The van der Waals surface area contributed by atoms with Crippen LogP contribution in [-0.2, 0) is 32.4 Å². The van der Waals surface area contributed by atoms with E-state index in [-0.39, 0.29) is 22.4 Å². The van der Waals surface area contributed by atoms with Crippen molar-refractivity contribution in [3.05, 3.63) is 95.8 Å². The molecule has 1 amide bonds. The van der Waals surface area contributed by atoms with Gasteiger partial charge in [-0.25, -0.2) is 8.42 Å². The Balaban J connectivity index is 1.92. The number of aliphatic hydroxyl groups is 2. The summed E-state index contributed by atoms with van der Waals surface area (Å²) in [5.74, 6) is -5.84. The van der Waals surface area contributed by atoms with E-state index < -0.39 is 92.0 Å². The molecule has 12 nitrogen and oxygen atoms in total. The third-order valence-electron chi connectivity index (χ3n) is 10.9. The molecule has 0 saturated heterocycles. The van der Waals surface area contributed by atoms with Crippen LogP contribution in [0.4, 0.5) is 5.69 Å². The summed E-state index contributed by atoms with van der Waals surface area (Å²) >= 11 is 0. The lowest BCUT2D eigenvalue weighted by Gasteiger charge is -2.33. The minimum Gasteiger partial charge on any atom is -0.396 e. The molecule has 4 aromatic rings. The van der Waals surface area contributed by atoms with E-state index in [9.17, 15) is 28.2 Å². The van der Waals surface area contributed by atoms with Gasteiger partial charge in [0.25, 0.3) is 0 Å². The Morgan fingerprint density at radius 1 is 0.842 bits per heavy atom. The highest BCUT2D eigenvalue weighted by molar-refractivity contribution is 7.91. The smallest absolute Gasteiger partial charge is 0.237 e. The molecular weight excluding hydrogens is 743 g/mol. The average molecular weight is 802 g/mol. The zero-order chi connectivity index (χ0) is 42.2. The number of sulfone groups is 1. The second kappa shape index (κ2) is 19.8. The molecule has 1 aromatic heterocycles. The molecule has 0 aliphatic rings. The summed E-state index contributed by atoms with van der Waals surface area (Å²) in [6.45, 7) is 10.5. The lowest BCUT2D eigenvalue weighted by atomic mass is 9.76. The molecule has 9 N–H and O–H groups in total. The van der Waals surface area contributed by atoms with Gasteiger partial charge in [0.1, 0.15) is 10.8 Å².